The molecule has 0 aliphatic heterocycles. The van der Waals surface area contributed by atoms with Gasteiger partial charge in [0.25, 0.3) is 0 Å². The highest BCUT2D eigenvalue weighted by Crippen LogP contribution is 2.29. The minimum absolute atomic E-state index is 0.739. The number of hydrogen-bond donors (Lipinski definition) is 0. The Balaban J connectivity index is 2.20. The van der Waals surface area contributed by atoms with Crippen molar-refractivity contribution in [3.05, 3.63) is 41.5 Å². The van der Waals surface area contributed by atoms with E-state index in [9.17, 15) is 0 Å². The fraction of sp³-hybridized carbons (Fsp3) is 0.357. The van der Waals surface area contributed by atoms with Crippen molar-refractivity contribution in [3.63, 3.8) is 0 Å². The molecule has 76 valence electrons. The summed E-state index contributed by atoms with van der Waals surface area (Å²) < 4.78 is 0. The number of nitriles is 1. The molecule has 0 amide bonds. The molecule has 1 heteroatoms. The smallest absolute Gasteiger partial charge is 0.0991 e. The molecule has 1 atom stereocenters. The molecule has 1 aliphatic carbocycles. The Hall–Kier alpha value is -1.55. The molecule has 0 spiro atoms. The Morgan fingerprint density at radius 1 is 1.27 bits per heavy atom. The molecule has 0 N–H and O–H groups in total. The second-order valence-electron chi connectivity index (χ2n) is 4.30. The van der Waals surface area contributed by atoms with Crippen molar-refractivity contribution in [2.45, 2.75) is 26.2 Å². The zero-order valence-electron chi connectivity index (χ0n) is 9.03. The van der Waals surface area contributed by atoms with E-state index in [1.807, 2.05) is 12.1 Å². The monoisotopic (exact) mass is 197 g/mol. The van der Waals surface area contributed by atoms with Crippen LogP contribution in [0.2, 0.25) is 0 Å². The Morgan fingerprint density at radius 2 is 2.00 bits per heavy atom. The predicted molar refractivity (Wildman–Crippen MR) is 62.1 cm³/mol. The fourth-order valence-corrected chi connectivity index (χ4v) is 1.99. The molecular formula is C14H15N. The first-order valence-corrected chi connectivity index (χ1v) is 5.49. The van der Waals surface area contributed by atoms with E-state index >= 15 is 0 Å². The number of nitrogens with zero attached hydrogens (tertiary/aromatic N) is 1. The summed E-state index contributed by atoms with van der Waals surface area (Å²) in [6, 6.07) is 10.1. The van der Waals surface area contributed by atoms with Crippen molar-refractivity contribution in [2.75, 3.05) is 0 Å². The largest absolute Gasteiger partial charge is 0.192 e. The van der Waals surface area contributed by atoms with Crippen molar-refractivity contribution >= 4 is 5.57 Å². The van der Waals surface area contributed by atoms with E-state index in [0.29, 0.717) is 0 Å². The fourth-order valence-electron chi connectivity index (χ4n) is 1.99. The molecule has 2 rings (SSSR count). The third-order valence-corrected chi connectivity index (χ3v) is 3.06. The topological polar surface area (TPSA) is 23.8 Å². The van der Waals surface area contributed by atoms with Gasteiger partial charge in [-0.15, -0.1) is 0 Å². The molecule has 0 saturated carbocycles. The van der Waals surface area contributed by atoms with Crippen LogP contribution in [0.25, 0.3) is 5.57 Å². The molecule has 0 heterocycles. The molecule has 1 aliphatic rings. The average molecular weight is 197 g/mol. The SMILES string of the molecule is CC1CC=C(c2ccc(C#N)cc2)CC1. The van der Waals surface area contributed by atoms with Crippen molar-refractivity contribution in [2.24, 2.45) is 5.92 Å². The third kappa shape index (κ3) is 2.27. The quantitative estimate of drug-likeness (QED) is 0.672. The summed E-state index contributed by atoms with van der Waals surface area (Å²) in [7, 11) is 0. The molecule has 1 aromatic rings. The van der Waals surface area contributed by atoms with Crippen LogP contribution >= 0.6 is 0 Å². The van der Waals surface area contributed by atoms with Gasteiger partial charge < -0.3 is 0 Å². The summed E-state index contributed by atoms with van der Waals surface area (Å²) in [6.45, 7) is 2.30. The van der Waals surface area contributed by atoms with Gasteiger partial charge in [0.2, 0.25) is 0 Å². The molecule has 0 bridgehead atoms. The lowest BCUT2D eigenvalue weighted by atomic mass is 9.87. The molecule has 1 nitrogen and oxygen atoms in total. The highest BCUT2D eigenvalue weighted by Gasteiger charge is 2.11. The van der Waals surface area contributed by atoms with Crippen LogP contribution in [0.5, 0.6) is 0 Å². The van der Waals surface area contributed by atoms with Crippen LogP contribution in [-0.2, 0) is 0 Å². The summed E-state index contributed by atoms with van der Waals surface area (Å²) >= 11 is 0. The lowest BCUT2D eigenvalue weighted by molar-refractivity contribution is 0.534. The van der Waals surface area contributed by atoms with Crippen molar-refractivity contribution in [1.29, 1.82) is 5.26 Å². The van der Waals surface area contributed by atoms with E-state index in [2.05, 4.69) is 31.2 Å². The molecule has 0 aromatic heterocycles. The number of rotatable bonds is 1. The van der Waals surface area contributed by atoms with Crippen molar-refractivity contribution in [3.8, 4) is 6.07 Å². The number of hydrogen-bond acceptors (Lipinski definition) is 1. The van der Waals surface area contributed by atoms with Crippen LogP contribution in [0.1, 0.15) is 37.3 Å². The standard InChI is InChI=1S/C14H15N/c1-11-2-6-13(7-3-11)14-8-4-12(10-15)5-9-14/h4-6,8-9,11H,2-3,7H2,1H3. The molecular weight excluding hydrogens is 182 g/mol. The number of benzene rings is 1. The molecule has 15 heavy (non-hydrogen) atoms. The summed E-state index contributed by atoms with van der Waals surface area (Å²) in [5, 5.41) is 8.71. The second-order valence-corrected chi connectivity index (χ2v) is 4.30. The van der Waals surface area contributed by atoms with Gasteiger partial charge in [0, 0.05) is 0 Å². The zero-order chi connectivity index (χ0) is 10.7. The first-order valence-electron chi connectivity index (χ1n) is 5.49. The van der Waals surface area contributed by atoms with Crippen LogP contribution < -0.4 is 0 Å². The maximum absolute atomic E-state index is 8.71. The van der Waals surface area contributed by atoms with E-state index in [-0.39, 0.29) is 0 Å². The molecule has 0 fully saturated rings. The van der Waals surface area contributed by atoms with Gasteiger partial charge in [0.05, 0.1) is 11.6 Å². The van der Waals surface area contributed by atoms with Gasteiger partial charge in [0.15, 0.2) is 0 Å². The minimum atomic E-state index is 0.739. The van der Waals surface area contributed by atoms with Crippen LogP contribution in [0.4, 0.5) is 0 Å². The molecule has 1 unspecified atom stereocenters. The van der Waals surface area contributed by atoms with Gasteiger partial charge in [-0.2, -0.15) is 5.26 Å². The molecule has 0 radical (unpaired) electrons. The average Bonchev–Trinajstić information content (AvgIpc) is 2.30. The highest BCUT2D eigenvalue weighted by molar-refractivity contribution is 5.66. The van der Waals surface area contributed by atoms with Crippen LogP contribution in [0, 0.1) is 17.2 Å². The van der Waals surface area contributed by atoms with Crippen LogP contribution in [0.3, 0.4) is 0 Å². The normalized spacial score (nSPS) is 20.5. The summed E-state index contributed by atoms with van der Waals surface area (Å²) in [5.41, 5.74) is 3.46. The van der Waals surface area contributed by atoms with Crippen LogP contribution in [0.15, 0.2) is 30.3 Å². The van der Waals surface area contributed by atoms with E-state index in [4.69, 9.17) is 5.26 Å². The summed E-state index contributed by atoms with van der Waals surface area (Å²) in [4.78, 5) is 0. The van der Waals surface area contributed by atoms with Gasteiger partial charge >= 0.3 is 0 Å². The lowest BCUT2D eigenvalue weighted by Crippen LogP contribution is -2.00. The van der Waals surface area contributed by atoms with E-state index in [1.54, 1.807) is 0 Å². The summed E-state index contributed by atoms with van der Waals surface area (Å²) in [6.07, 6.45) is 5.99. The highest BCUT2D eigenvalue weighted by atomic mass is 14.2. The Morgan fingerprint density at radius 3 is 2.53 bits per heavy atom. The van der Waals surface area contributed by atoms with E-state index in [1.165, 1.54) is 30.4 Å². The Labute approximate surface area is 91.0 Å². The van der Waals surface area contributed by atoms with Crippen molar-refractivity contribution in [1.82, 2.24) is 0 Å². The molecule has 0 saturated heterocycles. The Bertz CT molecular complexity index is 406. The van der Waals surface area contributed by atoms with Gasteiger partial charge in [-0.3, -0.25) is 0 Å². The van der Waals surface area contributed by atoms with Crippen LogP contribution in [-0.4, -0.2) is 0 Å². The maximum Gasteiger partial charge on any atom is 0.0991 e. The first kappa shape index (κ1) is 9.98. The van der Waals surface area contributed by atoms with Gasteiger partial charge in [-0.25, -0.2) is 0 Å². The Kier molecular flexibility index (Phi) is 2.87. The van der Waals surface area contributed by atoms with Gasteiger partial charge in [-0.1, -0.05) is 25.1 Å². The molecule has 1 aromatic carbocycles. The van der Waals surface area contributed by atoms with Gasteiger partial charge in [-0.05, 0) is 48.4 Å². The van der Waals surface area contributed by atoms with E-state index in [0.717, 1.165) is 11.5 Å². The van der Waals surface area contributed by atoms with Crippen molar-refractivity contribution < 1.29 is 0 Å². The predicted octanol–water partition coefficient (Wildman–Crippen LogP) is 3.76. The maximum atomic E-state index is 8.71. The first-order chi connectivity index (χ1) is 7.29. The second kappa shape index (κ2) is 4.31. The third-order valence-electron chi connectivity index (χ3n) is 3.06. The number of allylic oxidation sites excluding steroid dienone is 2. The van der Waals surface area contributed by atoms with Gasteiger partial charge in [0.1, 0.15) is 0 Å². The minimum Gasteiger partial charge on any atom is -0.192 e. The lowest BCUT2D eigenvalue weighted by Gasteiger charge is -2.18. The summed E-state index contributed by atoms with van der Waals surface area (Å²) in [5.74, 6) is 0.826. The zero-order valence-corrected chi connectivity index (χ0v) is 9.03. The van der Waals surface area contributed by atoms with E-state index < -0.39 is 0 Å².